The fourth-order valence-corrected chi connectivity index (χ4v) is 6.11. The van der Waals surface area contributed by atoms with Crippen LogP contribution in [0.2, 0.25) is 0 Å². The first-order valence-electron chi connectivity index (χ1n) is 4.50. The average molecular weight is 160 g/mol. The van der Waals surface area contributed by atoms with Crippen LogP contribution in [0.1, 0.15) is 33.6 Å². The molecule has 1 aliphatic heterocycles. The Kier molecular flexibility index (Phi) is 2.67. The Bertz CT molecular complexity index is 105. The average Bonchev–Trinajstić information content (AvgIpc) is 2.32. The Morgan fingerprint density at radius 1 is 1.30 bits per heavy atom. The Labute approximate surface area is 66.7 Å². The van der Waals surface area contributed by atoms with Crippen LogP contribution in [0, 0.1) is 0 Å². The van der Waals surface area contributed by atoms with Crippen molar-refractivity contribution in [2.24, 2.45) is 0 Å². The van der Waals surface area contributed by atoms with E-state index in [1.807, 2.05) is 0 Å². The van der Waals surface area contributed by atoms with E-state index in [9.17, 15) is 0 Å². The second-order valence-electron chi connectivity index (χ2n) is 3.35. The summed E-state index contributed by atoms with van der Waals surface area (Å²) in [4.78, 5) is 0. The highest BCUT2D eigenvalue weighted by atomic mass is 32.3. The van der Waals surface area contributed by atoms with Gasteiger partial charge in [-0.1, -0.05) is 20.8 Å². The largest absolute Gasteiger partial charge is 0.239 e. The minimum absolute atomic E-state index is 0.116. The smallest absolute Gasteiger partial charge is 0.0140 e. The summed E-state index contributed by atoms with van der Waals surface area (Å²) in [6, 6.07) is 0. The van der Waals surface area contributed by atoms with E-state index < -0.39 is 0 Å². The fourth-order valence-electron chi connectivity index (χ4n) is 2.17. The summed E-state index contributed by atoms with van der Waals surface area (Å²) < 4.78 is 0. The first-order valence-corrected chi connectivity index (χ1v) is 6.70. The van der Waals surface area contributed by atoms with Crippen LogP contribution >= 0.6 is 10.0 Å². The minimum Gasteiger partial charge on any atom is -0.239 e. The fraction of sp³-hybridized carbons (Fsp3) is 1.00. The summed E-state index contributed by atoms with van der Waals surface area (Å²) in [6.07, 6.45) is 3.02. The molecular formula is C9H20S. The van der Waals surface area contributed by atoms with E-state index in [4.69, 9.17) is 0 Å². The van der Waals surface area contributed by atoms with E-state index in [0.29, 0.717) is 0 Å². The van der Waals surface area contributed by atoms with E-state index in [2.05, 4.69) is 20.8 Å². The second kappa shape index (κ2) is 3.17. The molecular weight excluding hydrogens is 140 g/mol. The molecule has 0 spiro atoms. The van der Waals surface area contributed by atoms with Gasteiger partial charge in [0.05, 0.1) is 0 Å². The first kappa shape index (κ1) is 8.45. The molecule has 0 saturated carbocycles. The topological polar surface area (TPSA) is 0 Å². The second-order valence-corrected chi connectivity index (χ2v) is 7.94. The molecule has 1 atom stereocenters. The van der Waals surface area contributed by atoms with Gasteiger partial charge in [0.2, 0.25) is 0 Å². The van der Waals surface area contributed by atoms with Crippen molar-refractivity contribution >= 4 is 10.0 Å². The van der Waals surface area contributed by atoms with Crippen molar-refractivity contribution in [3.8, 4) is 0 Å². The van der Waals surface area contributed by atoms with Crippen molar-refractivity contribution < 1.29 is 0 Å². The van der Waals surface area contributed by atoms with Gasteiger partial charge in [-0.3, -0.25) is 0 Å². The molecule has 0 aromatic rings. The third-order valence-corrected chi connectivity index (χ3v) is 8.51. The molecule has 1 rings (SSSR count). The van der Waals surface area contributed by atoms with Gasteiger partial charge >= 0.3 is 0 Å². The van der Waals surface area contributed by atoms with Crippen molar-refractivity contribution in [2.75, 3.05) is 17.3 Å². The zero-order valence-corrected chi connectivity index (χ0v) is 8.34. The van der Waals surface area contributed by atoms with Crippen LogP contribution in [0.3, 0.4) is 0 Å². The van der Waals surface area contributed by atoms with Gasteiger partial charge in [-0.05, 0) is 35.4 Å². The molecule has 1 aliphatic rings. The molecule has 0 bridgehead atoms. The van der Waals surface area contributed by atoms with Crippen LogP contribution in [-0.2, 0) is 0 Å². The molecule has 1 saturated heterocycles. The predicted octanol–water partition coefficient (Wildman–Crippen LogP) is 3.01. The Balaban J connectivity index is 2.61. The van der Waals surface area contributed by atoms with Crippen LogP contribution < -0.4 is 0 Å². The first-order chi connectivity index (χ1) is 4.75. The maximum Gasteiger partial charge on any atom is -0.0140 e. The van der Waals surface area contributed by atoms with Gasteiger partial charge in [0.1, 0.15) is 0 Å². The van der Waals surface area contributed by atoms with Crippen molar-refractivity contribution in [1.29, 1.82) is 0 Å². The molecule has 1 fully saturated rings. The summed E-state index contributed by atoms with van der Waals surface area (Å²) >= 11 is 0. The van der Waals surface area contributed by atoms with Crippen LogP contribution in [-0.4, -0.2) is 22.5 Å². The quantitative estimate of drug-likeness (QED) is 0.582. The molecule has 62 valence electrons. The van der Waals surface area contributed by atoms with Crippen molar-refractivity contribution in [3.05, 3.63) is 0 Å². The highest BCUT2D eigenvalue weighted by Gasteiger charge is 2.31. The molecule has 1 heteroatoms. The summed E-state index contributed by atoms with van der Waals surface area (Å²) in [6.45, 7) is 7.25. The van der Waals surface area contributed by atoms with Gasteiger partial charge in [0, 0.05) is 0 Å². The van der Waals surface area contributed by atoms with Gasteiger partial charge in [0.15, 0.2) is 0 Å². The lowest BCUT2D eigenvalue weighted by atomic mass is 10.3. The SMILES string of the molecule is CCS1(CC)CCCC1C. The molecule has 0 amide bonds. The third-order valence-electron chi connectivity index (χ3n) is 3.16. The maximum atomic E-state index is 2.47. The minimum atomic E-state index is -0.116. The zero-order valence-electron chi connectivity index (χ0n) is 7.52. The van der Waals surface area contributed by atoms with E-state index in [1.54, 1.807) is 5.75 Å². The van der Waals surface area contributed by atoms with E-state index in [1.165, 1.54) is 24.3 Å². The lowest BCUT2D eigenvalue weighted by Gasteiger charge is -2.38. The number of hydrogen-bond acceptors (Lipinski definition) is 0. The van der Waals surface area contributed by atoms with Crippen molar-refractivity contribution in [3.63, 3.8) is 0 Å². The summed E-state index contributed by atoms with van der Waals surface area (Å²) in [5, 5.41) is 1.07. The van der Waals surface area contributed by atoms with Crippen LogP contribution in [0.25, 0.3) is 0 Å². The number of rotatable bonds is 2. The summed E-state index contributed by atoms with van der Waals surface area (Å²) in [5.74, 6) is 4.52. The Morgan fingerprint density at radius 2 is 1.90 bits per heavy atom. The molecule has 0 nitrogen and oxygen atoms in total. The number of hydrogen-bond donors (Lipinski definition) is 0. The summed E-state index contributed by atoms with van der Waals surface area (Å²) in [7, 11) is -0.116. The standard InChI is InChI=1S/C9H20S/c1-4-10(5-2)8-6-7-9(10)3/h9H,4-8H2,1-3H3. The van der Waals surface area contributed by atoms with Crippen molar-refractivity contribution in [1.82, 2.24) is 0 Å². The van der Waals surface area contributed by atoms with E-state index in [-0.39, 0.29) is 10.0 Å². The molecule has 0 aliphatic carbocycles. The molecule has 0 aromatic carbocycles. The van der Waals surface area contributed by atoms with Crippen LogP contribution in [0.5, 0.6) is 0 Å². The highest BCUT2D eigenvalue weighted by molar-refractivity contribution is 8.34. The molecule has 0 radical (unpaired) electrons. The normalized spacial score (nSPS) is 34.1. The van der Waals surface area contributed by atoms with Gasteiger partial charge in [0.25, 0.3) is 0 Å². The maximum absolute atomic E-state index is 2.47. The predicted molar refractivity (Wildman–Crippen MR) is 52.2 cm³/mol. The highest BCUT2D eigenvalue weighted by Crippen LogP contribution is 2.58. The van der Waals surface area contributed by atoms with Gasteiger partial charge in [-0.15, -0.1) is 0 Å². The Morgan fingerprint density at radius 3 is 2.10 bits per heavy atom. The lowest BCUT2D eigenvalue weighted by molar-refractivity contribution is 0.835. The summed E-state index contributed by atoms with van der Waals surface area (Å²) in [5.41, 5.74) is 0. The lowest BCUT2D eigenvalue weighted by Crippen LogP contribution is -2.14. The Hall–Kier alpha value is 0.350. The molecule has 1 heterocycles. The van der Waals surface area contributed by atoms with E-state index >= 15 is 0 Å². The molecule has 10 heavy (non-hydrogen) atoms. The zero-order chi connectivity index (χ0) is 7.61. The van der Waals surface area contributed by atoms with Gasteiger partial charge in [-0.25, -0.2) is 10.0 Å². The van der Waals surface area contributed by atoms with Crippen LogP contribution in [0.4, 0.5) is 0 Å². The monoisotopic (exact) mass is 160 g/mol. The molecule has 1 unspecified atom stereocenters. The third kappa shape index (κ3) is 1.20. The van der Waals surface area contributed by atoms with Gasteiger partial charge < -0.3 is 0 Å². The van der Waals surface area contributed by atoms with E-state index in [0.717, 1.165) is 5.25 Å². The molecule has 0 N–H and O–H groups in total. The molecule has 0 aromatic heterocycles. The van der Waals surface area contributed by atoms with Gasteiger partial charge in [-0.2, -0.15) is 0 Å². The van der Waals surface area contributed by atoms with Crippen LogP contribution in [0.15, 0.2) is 0 Å². The van der Waals surface area contributed by atoms with Crippen molar-refractivity contribution in [2.45, 2.75) is 38.9 Å².